The Hall–Kier alpha value is -1.95. The highest BCUT2D eigenvalue weighted by atomic mass is 32.1. The predicted molar refractivity (Wildman–Crippen MR) is 81.3 cm³/mol. The second-order valence-corrected chi connectivity index (χ2v) is 5.84. The first-order valence-electron chi connectivity index (χ1n) is 6.51. The summed E-state index contributed by atoms with van der Waals surface area (Å²) in [6.45, 7) is 4.18. The molecule has 0 fully saturated rings. The molecular weight excluding hydrogens is 272 g/mol. The first kappa shape index (κ1) is 14.5. The number of aryl methyl sites for hydroxylation is 3. The second-order valence-electron chi connectivity index (χ2n) is 4.59. The van der Waals surface area contributed by atoms with Crippen molar-refractivity contribution in [3.63, 3.8) is 0 Å². The molecular formula is C14H18N4OS. The Balaban J connectivity index is 1.98. The van der Waals surface area contributed by atoms with Gasteiger partial charge in [0.2, 0.25) is 0 Å². The molecule has 2 rings (SSSR count). The fourth-order valence-electron chi connectivity index (χ4n) is 1.88. The van der Waals surface area contributed by atoms with Crippen molar-refractivity contribution in [2.75, 3.05) is 0 Å². The van der Waals surface area contributed by atoms with Gasteiger partial charge in [0.05, 0.1) is 17.3 Å². The number of carbonyl (C=O) groups is 1. The number of carbonyl (C=O) groups excluding carboxylic acids is 1. The van der Waals surface area contributed by atoms with Crippen LogP contribution in [-0.4, -0.2) is 21.9 Å². The molecule has 2 aromatic heterocycles. The van der Waals surface area contributed by atoms with E-state index in [9.17, 15) is 4.79 Å². The van der Waals surface area contributed by atoms with Gasteiger partial charge in [0.25, 0.3) is 5.91 Å². The molecule has 5 nitrogen and oxygen atoms in total. The summed E-state index contributed by atoms with van der Waals surface area (Å²) in [5, 5.41) is 7.97. The zero-order chi connectivity index (χ0) is 14.5. The standard InChI is InChI=1S/C14H18N4OS/c1-4-5-12-6-13(20-10(12)2)14(19)17-15-7-11-8-16-18(3)9-11/h6-9H,4-5H2,1-3H3,(H,17,19)/b15-7-. The summed E-state index contributed by atoms with van der Waals surface area (Å²) in [6, 6.07) is 1.96. The minimum atomic E-state index is -0.166. The van der Waals surface area contributed by atoms with E-state index in [-0.39, 0.29) is 5.91 Å². The number of amides is 1. The first-order chi connectivity index (χ1) is 9.60. The largest absolute Gasteiger partial charge is 0.281 e. The highest BCUT2D eigenvalue weighted by Gasteiger charge is 2.11. The van der Waals surface area contributed by atoms with Crippen LogP contribution in [0.15, 0.2) is 23.6 Å². The Kier molecular flexibility index (Phi) is 4.68. The maximum Gasteiger partial charge on any atom is 0.281 e. The van der Waals surface area contributed by atoms with Crippen LogP contribution in [0.2, 0.25) is 0 Å². The van der Waals surface area contributed by atoms with Crippen LogP contribution >= 0.6 is 11.3 Å². The van der Waals surface area contributed by atoms with Gasteiger partial charge in [-0.3, -0.25) is 9.48 Å². The van der Waals surface area contributed by atoms with E-state index in [0.717, 1.165) is 18.4 Å². The monoisotopic (exact) mass is 290 g/mol. The summed E-state index contributed by atoms with van der Waals surface area (Å²) in [6.07, 6.45) is 7.18. The van der Waals surface area contributed by atoms with Crippen molar-refractivity contribution >= 4 is 23.5 Å². The van der Waals surface area contributed by atoms with Crippen molar-refractivity contribution in [3.05, 3.63) is 39.3 Å². The summed E-state index contributed by atoms with van der Waals surface area (Å²) in [5.74, 6) is -0.166. The van der Waals surface area contributed by atoms with Crippen LogP contribution in [-0.2, 0) is 13.5 Å². The van der Waals surface area contributed by atoms with Crippen LogP contribution in [0.25, 0.3) is 0 Å². The molecule has 0 aromatic carbocycles. The van der Waals surface area contributed by atoms with Gasteiger partial charge in [0.1, 0.15) is 0 Å². The van der Waals surface area contributed by atoms with Crippen LogP contribution in [0.5, 0.6) is 0 Å². The van der Waals surface area contributed by atoms with Gasteiger partial charge in [-0.05, 0) is 25.0 Å². The molecule has 0 aliphatic heterocycles. The molecule has 0 saturated carbocycles. The summed E-state index contributed by atoms with van der Waals surface area (Å²) in [7, 11) is 1.83. The molecule has 106 valence electrons. The third kappa shape index (κ3) is 3.54. The quantitative estimate of drug-likeness (QED) is 0.679. The van der Waals surface area contributed by atoms with Crippen LogP contribution in [0, 0.1) is 6.92 Å². The Bertz CT molecular complexity index is 627. The lowest BCUT2D eigenvalue weighted by Gasteiger charge is -1.94. The van der Waals surface area contributed by atoms with Crippen molar-refractivity contribution in [2.24, 2.45) is 12.1 Å². The van der Waals surface area contributed by atoms with Crippen molar-refractivity contribution < 1.29 is 4.79 Å². The summed E-state index contributed by atoms with van der Waals surface area (Å²) in [4.78, 5) is 13.9. The van der Waals surface area contributed by atoms with E-state index < -0.39 is 0 Å². The summed E-state index contributed by atoms with van der Waals surface area (Å²) >= 11 is 1.51. The number of hydrazone groups is 1. The SMILES string of the molecule is CCCc1cc(C(=O)N/N=C\c2cnn(C)c2)sc1C. The highest BCUT2D eigenvalue weighted by molar-refractivity contribution is 7.14. The Morgan fingerprint density at radius 3 is 3.05 bits per heavy atom. The molecule has 0 aliphatic rings. The first-order valence-corrected chi connectivity index (χ1v) is 7.33. The lowest BCUT2D eigenvalue weighted by atomic mass is 10.1. The zero-order valence-corrected chi connectivity index (χ0v) is 12.7. The van der Waals surface area contributed by atoms with Gasteiger partial charge in [0, 0.05) is 23.7 Å². The van der Waals surface area contributed by atoms with Crippen molar-refractivity contribution in [1.29, 1.82) is 0 Å². The zero-order valence-electron chi connectivity index (χ0n) is 11.9. The van der Waals surface area contributed by atoms with Crippen molar-refractivity contribution in [2.45, 2.75) is 26.7 Å². The van der Waals surface area contributed by atoms with Gasteiger partial charge >= 0.3 is 0 Å². The lowest BCUT2D eigenvalue weighted by molar-refractivity contribution is 0.0959. The predicted octanol–water partition coefficient (Wildman–Crippen LogP) is 2.51. The van der Waals surface area contributed by atoms with Crippen LogP contribution in [0.4, 0.5) is 0 Å². The van der Waals surface area contributed by atoms with Crippen molar-refractivity contribution in [1.82, 2.24) is 15.2 Å². The normalized spacial score (nSPS) is 11.2. The molecule has 1 amide bonds. The number of nitrogens with zero attached hydrogens (tertiary/aromatic N) is 3. The summed E-state index contributed by atoms with van der Waals surface area (Å²) in [5.41, 5.74) is 4.64. The average Bonchev–Trinajstić information content (AvgIpc) is 2.97. The van der Waals surface area contributed by atoms with E-state index in [1.807, 2.05) is 26.2 Å². The molecule has 0 saturated heterocycles. The molecule has 6 heteroatoms. The van der Waals surface area contributed by atoms with E-state index in [2.05, 4.69) is 22.5 Å². The number of thiophene rings is 1. The molecule has 0 unspecified atom stereocenters. The highest BCUT2D eigenvalue weighted by Crippen LogP contribution is 2.22. The van der Waals surface area contributed by atoms with E-state index in [1.165, 1.54) is 21.8 Å². The van der Waals surface area contributed by atoms with E-state index in [1.54, 1.807) is 17.1 Å². The van der Waals surface area contributed by atoms with Crippen LogP contribution < -0.4 is 5.43 Å². The molecule has 0 spiro atoms. The molecule has 0 aliphatic carbocycles. The number of rotatable bonds is 5. The van der Waals surface area contributed by atoms with Crippen LogP contribution in [0.1, 0.15) is 39.0 Å². The summed E-state index contributed by atoms with van der Waals surface area (Å²) < 4.78 is 1.68. The minimum absolute atomic E-state index is 0.166. The number of hydrogen-bond acceptors (Lipinski definition) is 4. The van der Waals surface area contributed by atoms with Gasteiger partial charge in [0.15, 0.2) is 0 Å². The molecule has 1 N–H and O–H groups in total. The maximum absolute atomic E-state index is 12.0. The van der Waals surface area contributed by atoms with Gasteiger partial charge < -0.3 is 0 Å². The van der Waals surface area contributed by atoms with E-state index >= 15 is 0 Å². The van der Waals surface area contributed by atoms with Gasteiger partial charge in [-0.25, -0.2) is 5.43 Å². The van der Waals surface area contributed by atoms with Gasteiger partial charge in [-0.15, -0.1) is 11.3 Å². The molecule has 0 atom stereocenters. The maximum atomic E-state index is 12.0. The average molecular weight is 290 g/mol. The second kappa shape index (κ2) is 6.47. The van der Waals surface area contributed by atoms with Gasteiger partial charge in [-0.1, -0.05) is 13.3 Å². The minimum Gasteiger partial charge on any atom is -0.275 e. The van der Waals surface area contributed by atoms with Crippen molar-refractivity contribution in [3.8, 4) is 0 Å². The molecule has 2 aromatic rings. The topological polar surface area (TPSA) is 59.3 Å². The Morgan fingerprint density at radius 1 is 1.60 bits per heavy atom. The smallest absolute Gasteiger partial charge is 0.275 e. The molecule has 20 heavy (non-hydrogen) atoms. The number of aromatic nitrogens is 2. The third-order valence-electron chi connectivity index (χ3n) is 2.87. The Labute approximate surface area is 122 Å². The fourth-order valence-corrected chi connectivity index (χ4v) is 2.84. The van der Waals surface area contributed by atoms with Gasteiger partial charge in [-0.2, -0.15) is 10.2 Å². The molecule has 0 radical (unpaired) electrons. The van der Waals surface area contributed by atoms with E-state index in [4.69, 9.17) is 0 Å². The fraction of sp³-hybridized carbons (Fsp3) is 0.357. The Morgan fingerprint density at radius 2 is 2.40 bits per heavy atom. The van der Waals surface area contributed by atoms with E-state index in [0.29, 0.717) is 4.88 Å². The molecule has 0 bridgehead atoms. The van der Waals surface area contributed by atoms with Crippen LogP contribution in [0.3, 0.4) is 0 Å². The number of nitrogens with one attached hydrogen (secondary N) is 1. The lowest BCUT2D eigenvalue weighted by Crippen LogP contribution is -2.16. The number of hydrogen-bond donors (Lipinski definition) is 1. The molecule has 2 heterocycles. The third-order valence-corrected chi connectivity index (χ3v) is 3.96.